The number of rotatable bonds is 7. The van der Waals surface area contributed by atoms with Crippen LogP contribution in [0.15, 0.2) is 0 Å². The van der Waals surface area contributed by atoms with Gasteiger partial charge in [-0.05, 0) is 54.1 Å². The van der Waals surface area contributed by atoms with E-state index in [1.165, 1.54) is 0 Å². The van der Waals surface area contributed by atoms with Crippen LogP contribution in [0, 0.1) is 11.3 Å². The second kappa shape index (κ2) is 6.88. The predicted octanol–water partition coefficient (Wildman–Crippen LogP) is 2.39. The highest BCUT2D eigenvalue weighted by Gasteiger charge is 2.27. The summed E-state index contributed by atoms with van der Waals surface area (Å²) in [5, 5.41) is 12.6. The lowest BCUT2D eigenvalue weighted by Crippen LogP contribution is -2.47. The second-order valence-corrected chi connectivity index (χ2v) is 5.18. The van der Waals surface area contributed by atoms with E-state index in [1.807, 2.05) is 6.92 Å². The van der Waals surface area contributed by atoms with Crippen molar-refractivity contribution in [2.75, 3.05) is 13.6 Å². The van der Waals surface area contributed by atoms with Crippen LogP contribution in [0.2, 0.25) is 0 Å². The molecule has 0 aliphatic rings. The fourth-order valence-electron chi connectivity index (χ4n) is 1.80. The van der Waals surface area contributed by atoms with Gasteiger partial charge in [0, 0.05) is 12.1 Å². The van der Waals surface area contributed by atoms with Crippen molar-refractivity contribution in [2.24, 2.45) is 0 Å². The summed E-state index contributed by atoms with van der Waals surface area (Å²) in [5.74, 6) is 0. The number of nitrogens with zero attached hydrogens (tertiary/aromatic N) is 2. The summed E-state index contributed by atoms with van der Waals surface area (Å²) in [6, 6.07) is 3.33. The highest BCUT2D eigenvalue weighted by Crippen LogP contribution is 2.16. The van der Waals surface area contributed by atoms with Gasteiger partial charge in [0.15, 0.2) is 0 Å². The first kappa shape index (κ1) is 15.4. The Morgan fingerprint density at radius 3 is 2.31 bits per heavy atom. The lowest BCUT2D eigenvalue weighted by Gasteiger charge is -2.34. The molecule has 0 amide bonds. The molecule has 16 heavy (non-hydrogen) atoms. The first-order valence-electron chi connectivity index (χ1n) is 6.24. The largest absolute Gasteiger partial charge is 0.301 e. The third-order valence-corrected chi connectivity index (χ3v) is 3.23. The average molecular weight is 225 g/mol. The third kappa shape index (κ3) is 4.96. The van der Waals surface area contributed by atoms with Crippen molar-refractivity contribution in [1.82, 2.24) is 10.2 Å². The van der Waals surface area contributed by atoms with Crippen LogP contribution in [-0.4, -0.2) is 36.1 Å². The molecule has 0 aromatic rings. The van der Waals surface area contributed by atoms with Crippen LogP contribution in [0.1, 0.15) is 47.5 Å². The minimum absolute atomic E-state index is 0.404. The van der Waals surface area contributed by atoms with Gasteiger partial charge < -0.3 is 4.90 Å². The Hall–Kier alpha value is -0.590. The Morgan fingerprint density at radius 2 is 1.94 bits per heavy atom. The van der Waals surface area contributed by atoms with E-state index in [0.29, 0.717) is 12.1 Å². The summed E-state index contributed by atoms with van der Waals surface area (Å²) in [5.41, 5.74) is -0.404. The van der Waals surface area contributed by atoms with Crippen LogP contribution in [-0.2, 0) is 0 Å². The Kier molecular flexibility index (Phi) is 6.62. The molecule has 2 atom stereocenters. The van der Waals surface area contributed by atoms with Crippen molar-refractivity contribution in [3.63, 3.8) is 0 Å². The number of nitrogens with one attached hydrogen (secondary N) is 1. The van der Waals surface area contributed by atoms with Crippen molar-refractivity contribution < 1.29 is 0 Å². The molecule has 0 spiro atoms. The molecule has 0 bridgehead atoms. The molecule has 0 aliphatic heterocycles. The Labute approximate surface area is 101 Å². The number of hydrogen-bond acceptors (Lipinski definition) is 3. The van der Waals surface area contributed by atoms with E-state index in [-0.39, 0.29) is 0 Å². The van der Waals surface area contributed by atoms with Crippen molar-refractivity contribution in [3.05, 3.63) is 0 Å². The minimum Gasteiger partial charge on any atom is -0.301 e. The van der Waals surface area contributed by atoms with Crippen LogP contribution in [0.3, 0.4) is 0 Å². The average Bonchev–Trinajstić information content (AvgIpc) is 2.25. The molecule has 0 saturated carbocycles. The number of nitriles is 1. The molecule has 3 heteroatoms. The van der Waals surface area contributed by atoms with Gasteiger partial charge in [0.2, 0.25) is 0 Å². The molecule has 0 fully saturated rings. The summed E-state index contributed by atoms with van der Waals surface area (Å²) in [6.07, 6.45) is 1.92. The monoisotopic (exact) mass is 225 g/mol. The highest BCUT2D eigenvalue weighted by molar-refractivity contribution is 5.05. The fourth-order valence-corrected chi connectivity index (χ4v) is 1.80. The van der Waals surface area contributed by atoms with E-state index in [9.17, 15) is 5.26 Å². The van der Waals surface area contributed by atoms with E-state index in [2.05, 4.69) is 51.0 Å². The van der Waals surface area contributed by atoms with Crippen LogP contribution in [0.4, 0.5) is 0 Å². The highest BCUT2D eigenvalue weighted by atomic mass is 15.2. The quantitative estimate of drug-likeness (QED) is 0.723. The van der Waals surface area contributed by atoms with Crippen LogP contribution < -0.4 is 5.32 Å². The van der Waals surface area contributed by atoms with Gasteiger partial charge in [-0.2, -0.15) is 5.26 Å². The normalized spacial score (nSPS) is 17.2. The maximum Gasteiger partial charge on any atom is 0.105 e. The summed E-state index contributed by atoms with van der Waals surface area (Å²) in [7, 11) is 2.12. The summed E-state index contributed by atoms with van der Waals surface area (Å²) in [4.78, 5) is 2.31. The zero-order valence-electron chi connectivity index (χ0n) is 11.7. The lowest BCUT2D eigenvalue weighted by atomic mass is 9.94. The topological polar surface area (TPSA) is 39.1 Å². The van der Waals surface area contributed by atoms with Gasteiger partial charge in [0.1, 0.15) is 5.54 Å². The van der Waals surface area contributed by atoms with Gasteiger partial charge in [0.05, 0.1) is 6.07 Å². The molecule has 94 valence electrons. The van der Waals surface area contributed by atoms with Crippen molar-refractivity contribution in [2.45, 2.75) is 65.1 Å². The first-order chi connectivity index (χ1) is 7.36. The summed E-state index contributed by atoms with van der Waals surface area (Å²) >= 11 is 0. The van der Waals surface area contributed by atoms with E-state index >= 15 is 0 Å². The molecule has 0 heterocycles. The van der Waals surface area contributed by atoms with E-state index in [0.717, 1.165) is 19.4 Å². The van der Waals surface area contributed by atoms with Crippen molar-refractivity contribution in [3.8, 4) is 6.07 Å². The molecule has 0 rings (SSSR count). The molecule has 0 aromatic heterocycles. The zero-order valence-corrected chi connectivity index (χ0v) is 11.7. The Bertz CT molecular complexity index is 232. The predicted molar refractivity (Wildman–Crippen MR) is 69.3 cm³/mol. The van der Waals surface area contributed by atoms with E-state index in [4.69, 9.17) is 0 Å². The van der Waals surface area contributed by atoms with Crippen LogP contribution >= 0.6 is 0 Å². The SMILES string of the molecule is CCCNC(C)(C#N)CC(C)N(C)C(C)C. The molecule has 2 unspecified atom stereocenters. The molecular weight excluding hydrogens is 198 g/mol. The molecule has 0 aromatic carbocycles. The standard InChI is InChI=1S/C13H27N3/c1-7-8-15-13(5,10-14)9-12(4)16(6)11(2)3/h11-12,15H,7-9H2,1-6H3. The minimum atomic E-state index is -0.404. The Balaban J connectivity index is 4.36. The van der Waals surface area contributed by atoms with Gasteiger partial charge in [-0.25, -0.2) is 0 Å². The number of hydrogen-bond donors (Lipinski definition) is 1. The van der Waals surface area contributed by atoms with Crippen molar-refractivity contribution >= 4 is 0 Å². The Morgan fingerprint density at radius 1 is 1.38 bits per heavy atom. The second-order valence-electron chi connectivity index (χ2n) is 5.18. The molecule has 1 N–H and O–H groups in total. The molecule has 3 nitrogen and oxygen atoms in total. The zero-order chi connectivity index (χ0) is 12.8. The van der Waals surface area contributed by atoms with Crippen molar-refractivity contribution in [1.29, 1.82) is 5.26 Å². The van der Waals surface area contributed by atoms with E-state index < -0.39 is 5.54 Å². The van der Waals surface area contributed by atoms with Crippen LogP contribution in [0.25, 0.3) is 0 Å². The van der Waals surface area contributed by atoms with Gasteiger partial charge in [0.25, 0.3) is 0 Å². The molecule has 0 radical (unpaired) electrons. The maximum absolute atomic E-state index is 9.25. The van der Waals surface area contributed by atoms with Crippen LogP contribution in [0.5, 0.6) is 0 Å². The molecular formula is C13H27N3. The van der Waals surface area contributed by atoms with Gasteiger partial charge in [-0.3, -0.25) is 5.32 Å². The maximum atomic E-state index is 9.25. The van der Waals surface area contributed by atoms with Gasteiger partial charge in [-0.1, -0.05) is 6.92 Å². The molecule has 0 saturated heterocycles. The van der Waals surface area contributed by atoms with Gasteiger partial charge in [-0.15, -0.1) is 0 Å². The fraction of sp³-hybridized carbons (Fsp3) is 0.923. The lowest BCUT2D eigenvalue weighted by molar-refractivity contribution is 0.175. The smallest absolute Gasteiger partial charge is 0.105 e. The summed E-state index contributed by atoms with van der Waals surface area (Å²) < 4.78 is 0. The third-order valence-electron chi connectivity index (χ3n) is 3.23. The van der Waals surface area contributed by atoms with E-state index in [1.54, 1.807) is 0 Å². The molecule has 0 aliphatic carbocycles. The first-order valence-corrected chi connectivity index (χ1v) is 6.24. The summed E-state index contributed by atoms with van der Waals surface area (Å²) in [6.45, 7) is 11.6. The van der Waals surface area contributed by atoms with Gasteiger partial charge >= 0.3 is 0 Å².